The Labute approximate surface area is 194 Å². The van der Waals surface area contributed by atoms with Gasteiger partial charge in [-0.2, -0.15) is 5.26 Å². The summed E-state index contributed by atoms with van der Waals surface area (Å²) < 4.78 is 33.6. The number of methoxy groups -OCH3 is 1. The second-order valence-electron chi connectivity index (χ2n) is 8.31. The number of rotatable bonds is 6. The number of fused-ring (bicyclic) bond motifs is 1. The molecule has 10 heteroatoms. The molecule has 34 heavy (non-hydrogen) atoms. The van der Waals surface area contributed by atoms with Gasteiger partial charge >= 0.3 is 5.97 Å². The number of para-hydroxylation sites is 1. The van der Waals surface area contributed by atoms with Gasteiger partial charge < -0.3 is 20.1 Å². The van der Waals surface area contributed by atoms with E-state index in [9.17, 15) is 23.9 Å². The van der Waals surface area contributed by atoms with Gasteiger partial charge in [0, 0.05) is 18.4 Å². The van der Waals surface area contributed by atoms with Crippen molar-refractivity contribution >= 4 is 28.5 Å². The molecule has 0 aliphatic carbocycles. The highest BCUT2D eigenvalue weighted by atomic mass is 19.3. The van der Waals surface area contributed by atoms with E-state index < -0.39 is 30.6 Å². The Balaban J connectivity index is 1.80. The summed E-state index contributed by atoms with van der Waals surface area (Å²) in [6.07, 6.45) is -1.32. The van der Waals surface area contributed by atoms with E-state index in [0.29, 0.717) is 22.3 Å². The fourth-order valence-electron chi connectivity index (χ4n) is 4.22. The molecule has 0 spiro atoms. The molecule has 2 atom stereocenters. The maximum Gasteiger partial charge on any atom is 0.337 e. The molecule has 8 nitrogen and oxygen atoms in total. The van der Waals surface area contributed by atoms with Crippen LogP contribution in [0.5, 0.6) is 0 Å². The first-order valence-electron chi connectivity index (χ1n) is 10.6. The number of nitrogens with zero attached hydrogens (tertiary/aromatic N) is 4. The van der Waals surface area contributed by atoms with Gasteiger partial charge in [-0.15, -0.1) is 0 Å². The number of hydrogen-bond donors (Lipinski definition) is 2. The van der Waals surface area contributed by atoms with Crippen LogP contribution in [0, 0.1) is 18.3 Å². The van der Waals surface area contributed by atoms with Crippen LogP contribution in [0.25, 0.3) is 11.0 Å². The molecule has 2 N–H and O–H groups in total. The number of carboxylic acids is 1. The number of benzene rings is 2. The molecular weight excluding hydrogens is 444 g/mol. The van der Waals surface area contributed by atoms with Crippen molar-refractivity contribution in [2.75, 3.05) is 30.4 Å². The van der Waals surface area contributed by atoms with E-state index in [1.165, 1.54) is 18.1 Å². The molecule has 1 aliphatic heterocycles. The molecule has 0 radical (unpaired) electrons. The van der Waals surface area contributed by atoms with E-state index in [2.05, 4.69) is 15.3 Å². The van der Waals surface area contributed by atoms with Gasteiger partial charge in [-0.3, -0.25) is 0 Å². The Bertz CT molecular complexity index is 1310. The van der Waals surface area contributed by atoms with Crippen molar-refractivity contribution in [1.29, 1.82) is 5.26 Å². The lowest BCUT2D eigenvalue weighted by atomic mass is 10.0. The zero-order valence-electron chi connectivity index (χ0n) is 18.8. The zero-order valence-corrected chi connectivity index (χ0v) is 18.8. The van der Waals surface area contributed by atoms with E-state index >= 15 is 0 Å². The van der Waals surface area contributed by atoms with E-state index in [-0.39, 0.29) is 23.6 Å². The van der Waals surface area contributed by atoms with Crippen LogP contribution in [0.15, 0.2) is 36.4 Å². The molecule has 0 bridgehead atoms. The van der Waals surface area contributed by atoms with Crippen molar-refractivity contribution in [2.24, 2.45) is 0 Å². The Morgan fingerprint density at radius 3 is 2.74 bits per heavy atom. The highest BCUT2D eigenvalue weighted by Gasteiger charge is 2.49. The summed E-state index contributed by atoms with van der Waals surface area (Å²) in [4.78, 5) is 22.0. The molecule has 2 heterocycles. The Hall–Kier alpha value is -3.84. The van der Waals surface area contributed by atoms with Crippen LogP contribution in [-0.2, 0) is 4.74 Å². The lowest BCUT2D eigenvalue weighted by molar-refractivity contribution is -0.0889. The molecule has 2 aromatic carbocycles. The zero-order chi connectivity index (χ0) is 24.6. The molecule has 0 saturated carbocycles. The van der Waals surface area contributed by atoms with E-state index in [1.54, 1.807) is 24.3 Å². The summed E-state index contributed by atoms with van der Waals surface area (Å²) in [6.45, 7) is 2.95. The number of aryl methyl sites for hydroxylation is 1. The molecule has 1 aliphatic rings. The van der Waals surface area contributed by atoms with Crippen LogP contribution in [0.1, 0.15) is 40.1 Å². The molecule has 1 fully saturated rings. The molecule has 0 amide bonds. The first-order valence-corrected chi connectivity index (χ1v) is 10.6. The minimum absolute atomic E-state index is 0.0477. The second kappa shape index (κ2) is 8.83. The van der Waals surface area contributed by atoms with Crippen LogP contribution >= 0.6 is 0 Å². The Morgan fingerprint density at radius 2 is 2.09 bits per heavy atom. The van der Waals surface area contributed by atoms with Crippen molar-refractivity contribution in [2.45, 2.75) is 31.9 Å². The number of carbonyl (C=O) groups is 1. The summed E-state index contributed by atoms with van der Waals surface area (Å²) in [5, 5.41) is 22.4. The lowest BCUT2D eigenvalue weighted by Gasteiger charge is -2.22. The van der Waals surface area contributed by atoms with Gasteiger partial charge in [0.1, 0.15) is 12.2 Å². The first-order chi connectivity index (χ1) is 16.1. The molecule has 1 unspecified atom stereocenters. The van der Waals surface area contributed by atoms with Crippen LogP contribution in [0.2, 0.25) is 0 Å². The maximum atomic E-state index is 14.3. The average molecular weight is 467 g/mol. The van der Waals surface area contributed by atoms with Gasteiger partial charge in [-0.05, 0) is 37.6 Å². The Morgan fingerprint density at radius 1 is 1.35 bits per heavy atom. The van der Waals surface area contributed by atoms with Gasteiger partial charge in [-0.25, -0.2) is 23.5 Å². The number of alkyl halides is 2. The number of nitrogens with one attached hydrogen (secondary N) is 1. The highest BCUT2D eigenvalue weighted by Crippen LogP contribution is 2.35. The smallest absolute Gasteiger partial charge is 0.337 e. The second-order valence-corrected chi connectivity index (χ2v) is 8.31. The van der Waals surface area contributed by atoms with Gasteiger partial charge in [0.2, 0.25) is 0 Å². The Kier molecular flexibility index (Phi) is 6.06. The maximum absolute atomic E-state index is 14.3. The van der Waals surface area contributed by atoms with Crippen LogP contribution < -0.4 is 10.2 Å². The quantitative estimate of drug-likeness (QED) is 0.556. The number of aromatic carboxylic acids is 1. The van der Waals surface area contributed by atoms with Crippen LogP contribution in [-0.4, -0.2) is 53.3 Å². The van der Waals surface area contributed by atoms with E-state index in [0.717, 1.165) is 5.56 Å². The van der Waals surface area contributed by atoms with Crippen molar-refractivity contribution in [3.05, 3.63) is 58.8 Å². The monoisotopic (exact) mass is 467 g/mol. The van der Waals surface area contributed by atoms with Gasteiger partial charge in [0.25, 0.3) is 5.92 Å². The van der Waals surface area contributed by atoms with Gasteiger partial charge in [0.15, 0.2) is 11.5 Å². The van der Waals surface area contributed by atoms with E-state index in [4.69, 9.17) is 4.74 Å². The molecule has 1 aromatic heterocycles. The largest absolute Gasteiger partial charge is 0.478 e. The summed E-state index contributed by atoms with van der Waals surface area (Å²) in [5.41, 5.74) is 2.95. The predicted octanol–water partition coefficient (Wildman–Crippen LogP) is 4.15. The number of halogens is 2. The number of anilines is 2. The van der Waals surface area contributed by atoms with E-state index in [1.807, 2.05) is 26.0 Å². The minimum atomic E-state index is -3.09. The third kappa shape index (κ3) is 4.22. The summed E-state index contributed by atoms with van der Waals surface area (Å²) in [6, 6.07) is 11.8. The topological polar surface area (TPSA) is 111 Å². The van der Waals surface area contributed by atoms with Gasteiger partial charge in [-0.1, -0.05) is 18.2 Å². The highest BCUT2D eigenvalue weighted by molar-refractivity contribution is 5.94. The van der Waals surface area contributed by atoms with Crippen LogP contribution in [0.3, 0.4) is 0 Å². The first kappa shape index (κ1) is 23.3. The van der Waals surface area contributed by atoms with Crippen molar-refractivity contribution in [3.8, 4) is 6.07 Å². The average Bonchev–Trinajstić information content (AvgIpc) is 3.11. The summed E-state index contributed by atoms with van der Waals surface area (Å²) >= 11 is 0. The number of carboxylic acid groups (broad SMARTS) is 1. The summed E-state index contributed by atoms with van der Waals surface area (Å²) in [7, 11) is 1.22. The molecule has 176 valence electrons. The molecule has 1 saturated heterocycles. The fourth-order valence-corrected chi connectivity index (χ4v) is 4.22. The molecular formula is C24H23F2N5O3. The number of ether oxygens (including phenoxy) is 1. The predicted molar refractivity (Wildman–Crippen MR) is 122 cm³/mol. The van der Waals surface area contributed by atoms with Crippen molar-refractivity contribution in [3.63, 3.8) is 0 Å². The standard InChI is InChI=1S/C24H23F2N5O3/c1-13-8-16(14(2)28-17-7-5-4-6-15(17)23(32)33)21-18(9-13)29-19(10-27)22(30-21)31-11-20(34-3)24(25,26)12-31/h4-9,14,20,28H,11-12H2,1-3H3,(H,32,33)/t14-,20?/m1/s1. The van der Waals surface area contributed by atoms with Crippen molar-refractivity contribution in [1.82, 2.24) is 9.97 Å². The molecule has 3 aromatic rings. The number of aromatic nitrogens is 2. The number of hydrogen-bond acceptors (Lipinski definition) is 7. The normalized spacial score (nSPS) is 18.0. The fraction of sp³-hybridized carbons (Fsp3) is 0.333. The van der Waals surface area contributed by atoms with Crippen LogP contribution in [0.4, 0.5) is 20.3 Å². The third-order valence-electron chi connectivity index (χ3n) is 5.87. The van der Waals surface area contributed by atoms with Crippen molar-refractivity contribution < 1.29 is 23.4 Å². The SMILES string of the molecule is COC1CN(c2nc3c([C@@H](C)Nc4ccccc4C(=O)O)cc(C)cc3nc2C#N)CC1(F)F. The minimum Gasteiger partial charge on any atom is -0.478 e. The summed E-state index contributed by atoms with van der Waals surface area (Å²) in [5.74, 6) is -4.09. The van der Waals surface area contributed by atoms with Gasteiger partial charge in [0.05, 0.1) is 35.7 Å². The third-order valence-corrected chi connectivity index (χ3v) is 5.87. The molecule has 4 rings (SSSR count). The lowest BCUT2D eigenvalue weighted by Crippen LogP contribution is -2.33. The number of nitriles is 1.